The summed E-state index contributed by atoms with van der Waals surface area (Å²) in [5.41, 5.74) is -0.486. The normalized spacial score (nSPS) is 11.7. The van der Waals surface area contributed by atoms with Gasteiger partial charge in [0.1, 0.15) is 0 Å². The van der Waals surface area contributed by atoms with Crippen LogP contribution in [0.25, 0.3) is 6.08 Å². The van der Waals surface area contributed by atoms with Gasteiger partial charge in [0.15, 0.2) is 0 Å². The molecule has 0 saturated carbocycles. The van der Waals surface area contributed by atoms with Crippen molar-refractivity contribution in [2.45, 2.75) is 12.7 Å². The van der Waals surface area contributed by atoms with E-state index < -0.39 is 28.5 Å². The first-order chi connectivity index (χ1) is 12.6. The molecule has 0 fully saturated rings. The largest absolute Gasteiger partial charge is 0.451 e. The molecule has 0 atom stereocenters. The Hall–Kier alpha value is -3.44. The van der Waals surface area contributed by atoms with Crippen molar-refractivity contribution in [3.63, 3.8) is 0 Å². The molecule has 0 aliphatic rings. The van der Waals surface area contributed by atoms with Gasteiger partial charge in [-0.2, -0.15) is 13.2 Å². The fourth-order valence-corrected chi connectivity index (χ4v) is 2.10. The summed E-state index contributed by atoms with van der Waals surface area (Å²) in [6.07, 6.45) is -2.19. The lowest BCUT2D eigenvalue weighted by Crippen LogP contribution is -2.31. The van der Waals surface area contributed by atoms with Crippen molar-refractivity contribution in [1.82, 2.24) is 19.7 Å². The van der Waals surface area contributed by atoms with Crippen molar-refractivity contribution in [3.8, 4) is 0 Å². The van der Waals surface area contributed by atoms with Gasteiger partial charge >= 0.3 is 11.9 Å². The number of rotatable bonds is 6. The quantitative estimate of drug-likeness (QED) is 0.458. The second-order valence-electron chi connectivity index (χ2n) is 5.36. The molecule has 0 radical (unpaired) electrons. The van der Waals surface area contributed by atoms with Crippen molar-refractivity contribution < 1.29 is 22.9 Å². The molecule has 0 saturated heterocycles. The summed E-state index contributed by atoms with van der Waals surface area (Å²) in [5.74, 6) is -1.87. The molecule has 1 aromatic heterocycles. The third-order valence-electron chi connectivity index (χ3n) is 3.45. The minimum atomic E-state index is -4.75. The highest BCUT2D eigenvalue weighted by atomic mass is 19.4. The number of carbonyl (C=O) groups is 1. The highest BCUT2D eigenvalue weighted by Crippen LogP contribution is 2.25. The molecule has 0 aliphatic heterocycles. The number of non-ortho nitro benzene ring substituents is 1. The number of aromatic nitrogens is 3. The standard InChI is InChI=1S/C15H14F3N5O4/c1-21-13(15(16,17)18)20-22(14(21)25)9-8-19-12(24)7-4-10-2-5-11(6-3-10)23(26)27/h2-7H,8-9H2,1H3,(H,19,24)/b7-4+. The Morgan fingerprint density at radius 1 is 1.33 bits per heavy atom. The Balaban J connectivity index is 1.91. The topological polar surface area (TPSA) is 112 Å². The summed E-state index contributed by atoms with van der Waals surface area (Å²) in [7, 11) is 0.959. The third-order valence-corrected chi connectivity index (χ3v) is 3.45. The van der Waals surface area contributed by atoms with Gasteiger partial charge in [0.05, 0.1) is 11.5 Å². The predicted molar refractivity (Wildman–Crippen MR) is 87.6 cm³/mol. The minimum absolute atomic E-state index is 0.0874. The van der Waals surface area contributed by atoms with E-state index in [0.29, 0.717) is 14.8 Å². The first-order valence-electron chi connectivity index (χ1n) is 7.51. The highest BCUT2D eigenvalue weighted by molar-refractivity contribution is 5.91. The van der Waals surface area contributed by atoms with Crippen LogP contribution in [0.1, 0.15) is 11.4 Å². The van der Waals surface area contributed by atoms with Gasteiger partial charge in [-0.05, 0) is 23.8 Å². The molecule has 12 heteroatoms. The Labute approximate surface area is 149 Å². The van der Waals surface area contributed by atoms with E-state index in [-0.39, 0.29) is 18.8 Å². The van der Waals surface area contributed by atoms with Crippen molar-refractivity contribution in [2.24, 2.45) is 7.05 Å². The zero-order valence-electron chi connectivity index (χ0n) is 13.9. The van der Waals surface area contributed by atoms with E-state index in [9.17, 15) is 32.9 Å². The highest BCUT2D eigenvalue weighted by Gasteiger charge is 2.37. The summed E-state index contributed by atoms with van der Waals surface area (Å²) in [4.78, 5) is 33.4. The molecule has 0 spiro atoms. The van der Waals surface area contributed by atoms with Gasteiger partial charge in [-0.15, -0.1) is 5.10 Å². The van der Waals surface area contributed by atoms with Gasteiger partial charge < -0.3 is 5.32 Å². The maximum absolute atomic E-state index is 12.7. The van der Waals surface area contributed by atoms with E-state index >= 15 is 0 Å². The first-order valence-corrected chi connectivity index (χ1v) is 7.51. The molecule has 144 valence electrons. The number of nitro groups is 1. The SMILES string of the molecule is Cn1c(C(F)(F)F)nn(CCNC(=O)/C=C/c2ccc([N+](=O)[O-])cc2)c1=O. The van der Waals surface area contributed by atoms with Crippen LogP contribution < -0.4 is 11.0 Å². The maximum Gasteiger partial charge on any atom is 0.451 e. The second kappa shape index (κ2) is 7.85. The fourth-order valence-electron chi connectivity index (χ4n) is 2.10. The van der Waals surface area contributed by atoms with Gasteiger partial charge in [0.25, 0.3) is 5.69 Å². The van der Waals surface area contributed by atoms with Crippen molar-refractivity contribution in [3.05, 3.63) is 62.3 Å². The molecule has 2 aromatic rings. The van der Waals surface area contributed by atoms with E-state index in [0.717, 1.165) is 13.1 Å². The van der Waals surface area contributed by atoms with Crippen LogP contribution in [0.15, 0.2) is 35.1 Å². The molecule has 0 bridgehead atoms. The van der Waals surface area contributed by atoms with E-state index in [1.807, 2.05) is 0 Å². The lowest BCUT2D eigenvalue weighted by atomic mass is 10.2. The van der Waals surface area contributed by atoms with Gasteiger partial charge in [-0.25, -0.2) is 9.48 Å². The molecule has 1 aromatic carbocycles. The molecule has 1 heterocycles. The summed E-state index contributed by atoms with van der Waals surface area (Å²) in [6.45, 7) is -0.350. The maximum atomic E-state index is 12.7. The van der Waals surface area contributed by atoms with Crippen LogP contribution >= 0.6 is 0 Å². The summed E-state index contributed by atoms with van der Waals surface area (Å²) >= 11 is 0. The number of nitrogens with one attached hydrogen (secondary N) is 1. The van der Waals surface area contributed by atoms with Crippen LogP contribution in [-0.4, -0.2) is 31.7 Å². The summed E-state index contributed by atoms with van der Waals surface area (Å²) in [5, 5.41) is 16.2. The zero-order chi connectivity index (χ0) is 20.2. The smallest absolute Gasteiger partial charge is 0.351 e. The number of nitrogens with zero attached hydrogens (tertiary/aromatic N) is 4. The first kappa shape index (κ1) is 19.9. The molecule has 1 amide bonds. The van der Waals surface area contributed by atoms with Crippen LogP contribution in [0.5, 0.6) is 0 Å². The average Bonchev–Trinajstić information content (AvgIpc) is 2.89. The van der Waals surface area contributed by atoms with Crippen molar-refractivity contribution >= 4 is 17.7 Å². The van der Waals surface area contributed by atoms with Crippen LogP contribution in [0.2, 0.25) is 0 Å². The molecule has 2 rings (SSSR count). The summed E-state index contributed by atoms with van der Waals surface area (Å²) in [6, 6.07) is 5.47. The Morgan fingerprint density at radius 3 is 2.48 bits per heavy atom. The molecule has 1 N–H and O–H groups in total. The Kier molecular flexibility index (Phi) is 5.78. The zero-order valence-corrected chi connectivity index (χ0v) is 13.9. The van der Waals surface area contributed by atoms with Crippen LogP contribution in [0.4, 0.5) is 18.9 Å². The minimum Gasteiger partial charge on any atom is -0.351 e. The fraction of sp³-hybridized carbons (Fsp3) is 0.267. The second-order valence-corrected chi connectivity index (χ2v) is 5.36. The van der Waals surface area contributed by atoms with Crippen LogP contribution in [-0.2, 0) is 24.6 Å². The van der Waals surface area contributed by atoms with Gasteiger partial charge in [-0.3, -0.25) is 19.5 Å². The number of benzene rings is 1. The van der Waals surface area contributed by atoms with E-state index in [2.05, 4.69) is 10.4 Å². The van der Waals surface area contributed by atoms with Gasteiger partial charge in [0.2, 0.25) is 11.7 Å². The number of hydrogen-bond acceptors (Lipinski definition) is 5. The monoisotopic (exact) mass is 385 g/mol. The lowest BCUT2D eigenvalue weighted by Gasteiger charge is -2.03. The molecular weight excluding hydrogens is 371 g/mol. The Bertz CT molecular complexity index is 928. The molecule has 27 heavy (non-hydrogen) atoms. The number of nitro benzene ring substituents is 1. The number of halogens is 3. The predicted octanol–water partition coefficient (Wildman–Crippen LogP) is 1.34. The van der Waals surface area contributed by atoms with E-state index in [1.165, 1.54) is 30.3 Å². The van der Waals surface area contributed by atoms with Crippen molar-refractivity contribution in [2.75, 3.05) is 6.54 Å². The number of amides is 1. The summed E-state index contributed by atoms with van der Waals surface area (Å²) < 4.78 is 39.0. The lowest BCUT2D eigenvalue weighted by molar-refractivity contribution is -0.384. The molecule has 0 unspecified atom stereocenters. The van der Waals surface area contributed by atoms with E-state index in [4.69, 9.17) is 0 Å². The van der Waals surface area contributed by atoms with Crippen LogP contribution in [0, 0.1) is 10.1 Å². The average molecular weight is 385 g/mol. The number of carbonyl (C=O) groups excluding carboxylic acids is 1. The molecule has 0 aliphatic carbocycles. The van der Waals surface area contributed by atoms with Crippen molar-refractivity contribution in [1.29, 1.82) is 0 Å². The van der Waals surface area contributed by atoms with Gasteiger partial charge in [0, 0.05) is 31.8 Å². The Morgan fingerprint density at radius 2 is 1.96 bits per heavy atom. The molecule has 9 nitrogen and oxygen atoms in total. The number of hydrogen-bond donors (Lipinski definition) is 1. The van der Waals surface area contributed by atoms with Gasteiger partial charge in [-0.1, -0.05) is 0 Å². The van der Waals surface area contributed by atoms with Crippen LogP contribution in [0.3, 0.4) is 0 Å². The third kappa shape index (κ3) is 5.03. The number of alkyl halides is 3. The van der Waals surface area contributed by atoms with E-state index in [1.54, 1.807) is 0 Å². The molecular formula is C15H14F3N5O4.